The maximum atomic E-state index is 13.0. The topological polar surface area (TPSA) is 51.5 Å². The molecule has 1 unspecified atom stereocenters. The first kappa shape index (κ1) is 19.7. The lowest BCUT2D eigenvalue weighted by Crippen LogP contribution is -2.17. The maximum absolute atomic E-state index is 13.0. The number of hydrogen-bond acceptors (Lipinski definition) is 4. The predicted molar refractivity (Wildman–Crippen MR) is 117 cm³/mol. The van der Waals surface area contributed by atoms with Crippen molar-refractivity contribution in [2.24, 2.45) is 0 Å². The van der Waals surface area contributed by atoms with Crippen molar-refractivity contribution in [3.05, 3.63) is 76.1 Å². The normalized spacial score (nSPS) is 16.0. The van der Waals surface area contributed by atoms with Gasteiger partial charge in [-0.3, -0.25) is 4.79 Å². The second kappa shape index (κ2) is 9.27. The molecule has 1 saturated carbocycles. The third-order valence-electron chi connectivity index (χ3n) is 5.92. The first-order valence-electron chi connectivity index (χ1n) is 10.7. The number of nitrogens with one attached hydrogen (secondary N) is 1. The van der Waals surface area contributed by atoms with Gasteiger partial charge in [-0.1, -0.05) is 49.6 Å². The van der Waals surface area contributed by atoms with Crippen molar-refractivity contribution in [3.63, 3.8) is 0 Å². The molecule has 3 aromatic rings. The fourth-order valence-corrected chi connectivity index (χ4v) is 4.29. The molecule has 1 fully saturated rings. The van der Waals surface area contributed by atoms with Crippen molar-refractivity contribution < 1.29 is 9.15 Å². The summed E-state index contributed by atoms with van der Waals surface area (Å²) in [6.45, 7) is 0.854. The summed E-state index contributed by atoms with van der Waals surface area (Å²) >= 11 is 0. The summed E-state index contributed by atoms with van der Waals surface area (Å²) in [5, 5.41) is 3.83. The quantitative estimate of drug-likeness (QED) is 0.572. The van der Waals surface area contributed by atoms with Crippen molar-refractivity contribution in [2.75, 3.05) is 13.6 Å². The van der Waals surface area contributed by atoms with Crippen LogP contribution in [0.15, 0.2) is 64.0 Å². The summed E-state index contributed by atoms with van der Waals surface area (Å²) in [7, 11) is 1.94. The van der Waals surface area contributed by atoms with Crippen LogP contribution in [0.2, 0.25) is 0 Å². The third kappa shape index (κ3) is 4.54. The van der Waals surface area contributed by atoms with Crippen molar-refractivity contribution in [2.45, 2.75) is 50.5 Å². The van der Waals surface area contributed by atoms with E-state index in [0.29, 0.717) is 16.9 Å². The predicted octanol–water partition coefficient (Wildman–Crippen LogP) is 5.57. The summed E-state index contributed by atoms with van der Waals surface area (Å²) in [6, 6.07) is 15.8. The van der Waals surface area contributed by atoms with Crippen LogP contribution in [0.5, 0.6) is 5.75 Å². The van der Waals surface area contributed by atoms with Gasteiger partial charge in [0.2, 0.25) is 0 Å². The van der Waals surface area contributed by atoms with E-state index in [9.17, 15) is 4.79 Å². The molecule has 1 atom stereocenters. The van der Waals surface area contributed by atoms with Gasteiger partial charge in [0.25, 0.3) is 0 Å². The molecule has 1 aliphatic carbocycles. The minimum atomic E-state index is -0.0608. The number of fused-ring (bicyclic) bond motifs is 1. The second-order valence-electron chi connectivity index (χ2n) is 7.92. The highest BCUT2D eigenvalue weighted by atomic mass is 16.5. The lowest BCUT2D eigenvalue weighted by atomic mass is 9.84. The molecule has 0 bridgehead atoms. The zero-order chi connectivity index (χ0) is 20.1. The van der Waals surface area contributed by atoms with Crippen LogP contribution in [0.4, 0.5) is 0 Å². The van der Waals surface area contributed by atoms with Crippen molar-refractivity contribution in [1.82, 2.24) is 5.32 Å². The van der Waals surface area contributed by atoms with Crippen LogP contribution < -0.4 is 15.5 Å². The van der Waals surface area contributed by atoms with E-state index >= 15 is 0 Å². The van der Waals surface area contributed by atoms with E-state index in [1.165, 1.54) is 19.3 Å². The minimum Gasteiger partial charge on any atom is -0.486 e. The van der Waals surface area contributed by atoms with Gasteiger partial charge < -0.3 is 14.5 Å². The van der Waals surface area contributed by atoms with E-state index in [-0.39, 0.29) is 11.5 Å². The zero-order valence-corrected chi connectivity index (χ0v) is 17.0. The van der Waals surface area contributed by atoms with Crippen LogP contribution in [0.25, 0.3) is 11.0 Å². The molecule has 2 aromatic carbocycles. The summed E-state index contributed by atoms with van der Waals surface area (Å²) in [5.74, 6) is 1.06. The van der Waals surface area contributed by atoms with Crippen LogP contribution >= 0.6 is 0 Å². The average Bonchev–Trinajstić information content (AvgIpc) is 2.78. The van der Waals surface area contributed by atoms with Gasteiger partial charge >= 0.3 is 0 Å². The lowest BCUT2D eigenvalue weighted by molar-refractivity contribution is 0.195. The van der Waals surface area contributed by atoms with Crippen molar-refractivity contribution in [3.8, 4) is 5.75 Å². The molecule has 0 spiro atoms. The SMILES string of the molecule is CNCCC(Oc1ccc2c(=O)c(C3CCCCC3)coc2c1)c1ccccc1. The Balaban J connectivity index is 1.60. The molecular weight excluding hydrogens is 362 g/mol. The first-order valence-corrected chi connectivity index (χ1v) is 10.7. The molecule has 4 heteroatoms. The summed E-state index contributed by atoms with van der Waals surface area (Å²) in [6.07, 6.45) is 8.30. The Bertz CT molecular complexity index is 990. The van der Waals surface area contributed by atoms with Gasteiger partial charge in [0.05, 0.1) is 11.6 Å². The number of ether oxygens (including phenoxy) is 1. The average molecular weight is 392 g/mol. The van der Waals surface area contributed by atoms with Gasteiger partial charge in [-0.2, -0.15) is 0 Å². The van der Waals surface area contributed by atoms with Crippen LogP contribution in [-0.2, 0) is 0 Å². The van der Waals surface area contributed by atoms with E-state index in [2.05, 4.69) is 17.4 Å². The zero-order valence-electron chi connectivity index (χ0n) is 17.0. The van der Waals surface area contributed by atoms with E-state index in [0.717, 1.165) is 42.7 Å². The van der Waals surface area contributed by atoms with E-state index < -0.39 is 0 Å². The van der Waals surface area contributed by atoms with Crippen LogP contribution in [0, 0.1) is 0 Å². The number of hydrogen-bond donors (Lipinski definition) is 1. The Labute approximate surface area is 171 Å². The second-order valence-corrected chi connectivity index (χ2v) is 7.92. The standard InChI is InChI=1S/C25H29NO3/c1-26-15-14-23(19-10-6-3-7-11-19)29-20-12-13-21-24(16-20)28-17-22(25(21)27)18-8-4-2-5-9-18/h3,6-7,10-13,16-18,23,26H,2,4-5,8-9,14-15H2,1H3. The largest absolute Gasteiger partial charge is 0.486 e. The summed E-state index contributed by atoms with van der Waals surface area (Å²) in [5.41, 5.74) is 2.67. The van der Waals surface area contributed by atoms with Crippen molar-refractivity contribution in [1.29, 1.82) is 0 Å². The fraction of sp³-hybridized carbons (Fsp3) is 0.400. The highest BCUT2D eigenvalue weighted by molar-refractivity contribution is 5.78. The molecule has 1 heterocycles. The van der Waals surface area contributed by atoms with E-state index in [1.54, 1.807) is 6.26 Å². The smallest absolute Gasteiger partial charge is 0.196 e. The Hall–Kier alpha value is -2.59. The van der Waals surface area contributed by atoms with Gasteiger partial charge in [-0.25, -0.2) is 0 Å². The Morgan fingerprint density at radius 2 is 1.90 bits per heavy atom. The minimum absolute atomic E-state index is 0.0608. The number of benzene rings is 2. The first-order chi connectivity index (χ1) is 14.3. The third-order valence-corrected chi connectivity index (χ3v) is 5.92. The van der Waals surface area contributed by atoms with Crippen LogP contribution in [0.1, 0.15) is 61.7 Å². The molecule has 1 N–H and O–H groups in total. The van der Waals surface area contributed by atoms with Gasteiger partial charge in [-0.05, 0) is 50.0 Å². The summed E-state index contributed by atoms with van der Waals surface area (Å²) in [4.78, 5) is 13.0. The van der Waals surface area contributed by atoms with Crippen LogP contribution in [0.3, 0.4) is 0 Å². The molecule has 152 valence electrons. The monoisotopic (exact) mass is 391 g/mol. The van der Waals surface area contributed by atoms with Gasteiger partial charge in [0.15, 0.2) is 5.43 Å². The van der Waals surface area contributed by atoms with Gasteiger partial charge in [0, 0.05) is 18.1 Å². The Morgan fingerprint density at radius 3 is 2.66 bits per heavy atom. The van der Waals surface area contributed by atoms with Gasteiger partial charge in [0.1, 0.15) is 17.4 Å². The lowest BCUT2D eigenvalue weighted by Gasteiger charge is -2.21. The van der Waals surface area contributed by atoms with E-state index in [1.807, 2.05) is 43.4 Å². The van der Waals surface area contributed by atoms with E-state index in [4.69, 9.17) is 9.15 Å². The molecule has 0 saturated heterocycles. The van der Waals surface area contributed by atoms with Crippen molar-refractivity contribution >= 4 is 11.0 Å². The molecule has 0 aliphatic heterocycles. The maximum Gasteiger partial charge on any atom is 0.196 e. The molecule has 0 amide bonds. The van der Waals surface area contributed by atoms with Gasteiger partial charge in [-0.15, -0.1) is 0 Å². The molecular formula is C25H29NO3. The molecule has 29 heavy (non-hydrogen) atoms. The summed E-state index contributed by atoms with van der Waals surface area (Å²) < 4.78 is 12.2. The number of rotatable bonds is 7. The van der Waals surface area contributed by atoms with Crippen LogP contribution in [-0.4, -0.2) is 13.6 Å². The molecule has 1 aliphatic rings. The Kier molecular flexibility index (Phi) is 6.30. The molecule has 4 nitrogen and oxygen atoms in total. The Morgan fingerprint density at radius 1 is 1.10 bits per heavy atom. The highest BCUT2D eigenvalue weighted by Crippen LogP contribution is 2.32. The fourth-order valence-electron chi connectivity index (χ4n) is 4.29. The molecule has 4 rings (SSSR count). The molecule has 0 radical (unpaired) electrons. The molecule has 1 aromatic heterocycles. The highest BCUT2D eigenvalue weighted by Gasteiger charge is 2.21.